The fraction of sp³-hybridized carbons (Fsp3) is 0.533. The van der Waals surface area contributed by atoms with Crippen LogP contribution in [0.25, 0.3) is 11.4 Å². The Hall–Kier alpha value is -1.49. The van der Waals surface area contributed by atoms with Gasteiger partial charge in [-0.25, -0.2) is 0 Å². The third-order valence-electron chi connectivity index (χ3n) is 4.18. The van der Waals surface area contributed by atoms with Crippen molar-refractivity contribution >= 4 is 12.2 Å². The molecule has 0 unspecified atom stereocenters. The Morgan fingerprint density at radius 3 is 2.70 bits per heavy atom. The summed E-state index contributed by atoms with van der Waals surface area (Å²) in [5.41, 5.74) is 1.07. The fourth-order valence-corrected chi connectivity index (χ4v) is 3.26. The molecule has 3 rings (SSSR count). The summed E-state index contributed by atoms with van der Waals surface area (Å²) in [5.74, 6) is 1.78. The van der Waals surface area contributed by atoms with Gasteiger partial charge in [0.05, 0.1) is 0 Å². The highest BCUT2D eigenvalue weighted by molar-refractivity contribution is 7.71. The number of hydrogen-bond donors (Lipinski definition) is 1. The van der Waals surface area contributed by atoms with Crippen molar-refractivity contribution in [3.63, 3.8) is 0 Å². The van der Waals surface area contributed by atoms with Crippen molar-refractivity contribution in [3.8, 4) is 11.4 Å². The summed E-state index contributed by atoms with van der Waals surface area (Å²) in [6, 6.07) is 3.95. The molecule has 106 valence electrons. The standard InChI is InChI=1S/C15H20N4S/c20-15-18-17-14(13-6-9-16-10-7-13)19(15)11-8-12-4-2-1-3-5-12/h6-7,9-10,12H,1-5,8,11H2,(H,18,20). The van der Waals surface area contributed by atoms with Crippen LogP contribution >= 0.6 is 12.2 Å². The molecule has 0 atom stereocenters. The lowest BCUT2D eigenvalue weighted by atomic mass is 9.87. The van der Waals surface area contributed by atoms with E-state index in [1.54, 1.807) is 12.4 Å². The molecule has 1 fully saturated rings. The van der Waals surface area contributed by atoms with Crippen molar-refractivity contribution in [1.82, 2.24) is 19.7 Å². The average Bonchev–Trinajstić information content (AvgIpc) is 2.88. The maximum absolute atomic E-state index is 5.37. The lowest BCUT2D eigenvalue weighted by Crippen LogP contribution is -2.11. The normalized spacial score (nSPS) is 16.4. The van der Waals surface area contributed by atoms with Gasteiger partial charge in [-0.1, -0.05) is 32.1 Å². The van der Waals surface area contributed by atoms with Gasteiger partial charge in [0.2, 0.25) is 0 Å². The van der Waals surface area contributed by atoms with Crippen LogP contribution in [0.3, 0.4) is 0 Å². The maximum atomic E-state index is 5.37. The van der Waals surface area contributed by atoms with Gasteiger partial charge in [-0.15, -0.1) is 0 Å². The second kappa shape index (κ2) is 6.31. The van der Waals surface area contributed by atoms with Gasteiger partial charge >= 0.3 is 0 Å². The molecule has 1 aliphatic rings. The van der Waals surface area contributed by atoms with Crippen molar-refractivity contribution < 1.29 is 0 Å². The molecule has 2 heterocycles. The molecule has 0 spiro atoms. The third kappa shape index (κ3) is 2.98. The number of nitrogens with zero attached hydrogens (tertiary/aromatic N) is 3. The van der Waals surface area contributed by atoms with E-state index in [0.717, 1.165) is 23.9 Å². The van der Waals surface area contributed by atoms with E-state index < -0.39 is 0 Å². The minimum Gasteiger partial charge on any atom is -0.300 e. The number of rotatable bonds is 4. The molecule has 1 saturated carbocycles. The first-order valence-electron chi connectivity index (χ1n) is 7.40. The van der Waals surface area contributed by atoms with Gasteiger partial charge in [0.1, 0.15) is 0 Å². The SMILES string of the molecule is S=c1[nH]nc(-c2ccncc2)n1CCC1CCCCC1. The molecule has 0 aromatic carbocycles. The lowest BCUT2D eigenvalue weighted by Gasteiger charge is -2.21. The minimum atomic E-state index is 0.715. The van der Waals surface area contributed by atoms with Crippen LogP contribution in [0.2, 0.25) is 0 Å². The van der Waals surface area contributed by atoms with E-state index in [4.69, 9.17) is 12.2 Å². The Labute approximate surface area is 124 Å². The van der Waals surface area contributed by atoms with Crippen LogP contribution in [0.1, 0.15) is 38.5 Å². The molecular formula is C15H20N4S. The number of hydrogen-bond acceptors (Lipinski definition) is 3. The van der Waals surface area contributed by atoms with Crippen LogP contribution in [0.4, 0.5) is 0 Å². The molecule has 2 aromatic heterocycles. The summed E-state index contributed by atoms with van der Waals surface area (Å²) in [6.07, 6.45) is 11.7. The van der Waals surface area contributed by atoms with Crippen LogP contribution in [0.15, 0.2) is 24.5 Å². The molecule has 20 heavy (non-hydrogen) atoms. The Morgan fingerprint density at radius 2 is 1.95 bits per heavy atom. The van der Waals surface area contributed by atoms with Crippen molar-refractivity contribution in [3.05, 3.63) is 29.3 Å². The van der Waals surface area contributed by atoms with Crippen LogP contribution in [0, 0.1) is 10.7 Å². The van der Waals surface area contributed by atoms with Gasteiger partial charge in [-0.2, -0.15) is 5.10 Å². The lowest BCUT2D eigenvalue weighted by molar-refractivity contribution is 0.324. The molecule has 0 radical (unpaired) electrons. The molecule has 5 heteroatoms. The van der Waals surface area contributed by atoms with Crippen molar-refractivity contribution in [2.75, 3.05) is 0 Å². The van der Waals surface area contributed by atoms with Crippen molar-refractivity contribution in [2.45, 2.75) is 45.1 Å². The van der Waals surface area contributed by atoms with Gasteiger partial charge in [-0.05, 0) is 36.7 Å². The van der Waals surface area contributed by atoms with Crippen LogP contribution in [-0.2, 0) is 6.54 Å². The number of H-pyrrole nitrogens is 1. The first-order chi connectivity index (χ1) is 9.84. The molecule has 1 aliphatic carbocycles. The smallest absolute Gasteiger partial charge is 0.195 e. The van der Waals surface area contributed by atoms with Crippen molar-refractivity contribution in [2.24, 2.45) is 5.92 Å². The van der Waals surface area contributed by atoms with Gasteiger partial charge in [0.25, 0.3) is 0 Å². The highest BCUT2D eigenvalue weighted by Crippen LogP contribution is 2.27. The summed E-state index contributed by atoms with van der Waals surface area (Å²) in [4.78, 5) is 4.05. The van der Waals surface area contributed by atoms with E-state index >= 15 is 0 Å². The first kappa shape index (κ1) is 13.5. The fourth-order valence-electron chi connectivity index (χ4n) is 3.03. The maximum Gasteiger partial charge on any atom is 0.195 e. The summed E-state index contributed by atoms with van der Waals surface area (Å²) in [5, 5.41) is 7.29. The summed E-state index contributed by atoms with van der Waals surface area (Å²) >= 11 is 5.37. The zero-order valence-corrected chi connectivity index (χ0v) is 12.4. The first-order valence-corrected chi connectivity index (χ1v) is 7.81. The minimum absolute atomic E-state index is 0.715. The van der Waals surface area contributed by atoms with E-state index in [1.165, 1.54) is 38.5 Å². The van der Waals surface area contributed by atoms with Gasteiger partial charge in [-0.3, -0.25) is 10.1 Å². The Morgan fingerprint density at radius 1 is 1.20 bits per heavy atom. The molecule has 1 N–H and O–H groups in total. The van der Waals surface area contributed by atoms with Gasteiger partial charge in [0.15, 0.2) is 10.6 Å². The van der Waals surface area contributed by atoms with Crippen LogP contribution in [0.5, 0.6) is 0 Å². The Kier molecular flexibility index (Phi) is 4.25. The Bertz CT molecular complexity index is 596. The van der Waals surface area contributed by atoms with E-state index in [0.29, 0.717) is 4.77 Å². The van der Waals surface area contributed by atoms with Gasteiger partial charge in [0, 0.05) is 24.5 Å². The number of aromatic nitrogens is 4. The average molecular weight is 288 g/mol. The topological polar surface area (TPSA) is 46.5 Å². The molecule has 0 amide bonds. The zero-order valence-electron chi connectivity index (χ0n) is 11.6. The highest BCUT2D eigenvalue weighted by atomic mass is 32.1. The van der Waals surface area contributed by atoms with Crippen molar-refractivity contribution in [1.29, 1.82) is 0 Å². The molecule has 0 bridgehead atoms. The molecule has 0 aliphatic heterocycles. The van der Waals surface area contributed by atoms with E-state index in [-0.39, 0.29) is 0 Å². The summed E-state index contributed by atoms with van der Waals surface area (Å²) in [7, 11) is 0. The molecule has 4 nitrogen and oxygen atoms in total. The monoisotopic (exact) mass is 288 g/mol. The molecule has 2 aromatic rings. The molecule has 0 saturated heterocycles. The Balaban J connectivity index is 1.76. The van der Waals surface area contributed by atoms with Gasteiger partial charge < -0.3 is 4.57 Å². The number of nitrogens with one attached hydrogen (secondary N) is 1. The second-order valence-corrected chi connectivity index (χ2v) is 5.92. The quantitative estimate of drug-likeness (QED) is 0.866. The van der Waals surface area contributed by atoms with Crippen LogP contribution in [-0.4, -0.2) is 19.7 Å². The van der Waals surface area contributed by atoms with E-state index in [1.807, 2.05) is 12.1 Å². The molecular weight excluding hydrogens is 268 g/mol. The van der Waals surface area contributed by atoms with E-state index in [2.05, 4.69) is 19.7 Å². The largest absolute Gasteiger partial charge is 0.300 e. The number of aromatic amines is 1. The predicted molar refractivity (Wildman–Crippen MR) is 81.8 cm³/mol. The zero-order chi connectivity index (χ0) is 13.8. The predicted octanol–water partition coefficient (Wildman–Crippen LogP) is 3.97. The highest BCUT2D eigenvalue weighted by Gasteiger charge is 2.15. The summed E-state index contributed by atoms with van der Waals surface area (Å²) < 4.78 is 2.84. The van der Waals surface area contributed by atoms with E-state index in [9.17, 15) is 0 Å². The summed E-state index contributed by atoms with van der Waals surface area (Å²) in [6.45, 7) is 0.956. The third-order valence-corrected chi connectivity index (χ3v) is 4.49. The second-order valence-electron chi connectivity index (χ2n) is 5.53. The van der Waals surface area contributed by atoms with Crippen LogP contribution < -0.4 is 0 Å². The number of pyridine rings is 1.